The number of nitrogens with one attached hydrogen (secondary N) is 2. The zero-order chi connectivity index (χ0) is 15.9. The Kier molecular flexibility index (Phi) is 5.27. The third-order valence-corrected chi connectivity index (χ3v) is 3.09. The number of hydrogen-bond donors (Lipinski definition) is 3. The van der Waals surface area contributed by atoms with Crippen LogP contribution in [0.2, 0.25) is 0 Å². The standard InChI is InChI=1S/C17H19N3O2/c1-12(21)19-14-8-5-9-15(11-14)20-17(22)16(18)10-13-6-3-2-4-7-13/h2-9,11,16H,10,18H2,1H3,(H,19,21)(H,20,22). The van der Waals surface area contributed by atoms with Crippen LogP contribution in [0.1, 0.15) is 12.5 Å². The number of carbonyl (C=O) groups excluding carboxylic acids is 2. The number of carbonyl (C=O) groups is 2. The average Bonchev–Trinajstić information content (AvgIpc) is 2.48. The molecule has 4 N–H and O–H groups in total. The highest BCUT2D eigenvalue weighted by molar-refractivity contribution is 5.96. The van der Waals surface area contributed by atoms with Gasteiger partial charge in [-0.15, -0.1) is 0 Å². The van der Waals surface area contributed by atoms with Crippen LogP contribution in [0.15, 0.2) is 54.6 Å². The van der Waals surface area contributed by atoms with Crippen LogP contribution < -0.4 is 16.4 Å². The molecule has 2 rings (SSSR count). The van der Waals surface area contributed by atoms with Gasteiger partial charge in [0.25, 0.3) is 0 Å². The van der Waals surface area contributed by atoms with E-state index in [0.717, 1.165) is 5.56 Å². The van der Waals surface area contributed by atoms with E-state index in [9.17, 15) is 9.59 Å². The lowest BCUT2D eigenvalue weighted by Gasteiger charge is -2.13. The summed E-state index contributed by atoms with van der Waals surface area (Å²) in [5, 5.41) is 5.43. The van der Waals surface area contributed by atoms with Gasteiger partial charge in [-0.25, -0.2) is 0 Å². The molecule has 0 bridgehead atoms. The quantitative estimate of drug-likeness (QED) is 0.790. The number of hydrogen-bond acceptors (Lipinski definition) is 3. The predicted octanol–water partition coefficient (Wildman–Crippen LogP) is 2.15. The van der Waals surface area contributed by atoms with E-state index in [4.69, 9.17) is 5.73 Å². The minimum atomic E-state index is -0.633. The number of anilines is 2. The molecule has 0 aliphatic carbocycles. The molecule has 0 aromatic heterocycles. The van der Waals surface area contributed by atoms with Gasteiger partial charge in [0.2, 0.25) is 11.8 Å². The summed E-state index contributed by atoms with van der Waals surface area (Å²) in [5.74, 6) is -0.423. The number of nitrogens with two attached hydrogens (primary N) is 1. The lowest BCUT2D eigenvalue weighted by Crippen LogP contribution is -2.37. The fourth-order valence-corrected chi connectivity index (χ4v) is 2.07. The van der Waals surface area contributed by atoms with Crippen molar-refractivity contribution in [1.29, 1.82) is 0 Å². The summed E-state index contributed by atoms with van der Waals surface area (Å²) >= 11 is 0. The van der Waals surface area contributed by atoms with E-state index in [1.807, 2.05) is 30.3 Å². The van der Waals surface area contributed by atoms with E-state index < -0.39 is 6.04 Å². The zero-order valence-electron chi connectivity index (χ0n) is 12.4. The Balaban J connectivity index is 1.97. The highest BCUT2D eigenvalue weighted by atomic mass is 16.2. The molecular weight excluding hydrogens is 278 g/mol. The molecule has 5 nitrogen and oxygen atoms in total. The van der Waals surface area contributed by atoms with Crippen molar-refractivity contribution >= 4 is 23.2 Å². The Hall–Kier alpha value is -2.66. The molecule has 0 radical (unpaired) electrons. The number of benzene rings is 2. The van der Waals surface area contributed by atoms with Crippen molar-refractivity contribution < 1.29 is 9.59 Å². The van der Waals surface area contributed by atoms with Gasteiger partial charge in [-0.3, -0.25) is 9.59 Å². The molecule has 0 heterocycles. The summed E-state index contributed by atoms with van der Waals surface area (Å²) < 4.78 is 0. The molecule has 22 heavy (non-hydrogen) atoms. The van der Waals surface area contributed by atoms with Crippen molar-refractivity contribution in [2.24, 2.45) is 5.73 Å². The lowest BCUT2D eigenvalue weighted by molar-refractivity contribution is -0.117. The monoisotopic (exact) mass is 297 g/mol. The van der Waals surface area contributed by atoms with E-state index in [-0.39, 0.29) is 11.8 Å². The second-order valence-corrected chi connectivity index (χ2v) is 5.05. The van der Waals surface area contributed by atoms with Crippen LogP contribution in [0.25, 0.3) is 0 Å². The molecule has 2 amide bonds. The Bertz CT molecular complexity index is 656. The summed E-state index contributed by atoms with van der Waals surface area (Å²) in [6.45, 7) is 1.43. The van der Waals surface area contributed by atoms with E-state index in [0.29, 0.717) is 17.8 Å². The van der Waals surface area contributed by atoms with Gasteiger partial charge >= 0.3 is 0 Å². The molecule has 0 saturated heterocycles. The van der Waals surface area contributed by atoms with Crippen molar-refractivity contribution in [2.45, 2.75) is 19.4 Å². The van der Waals surface area contributed by atoms with Crippen LogP contribution in [0.3, 0.4) is 0 Å². The zero-order valence-corrected chi connectivity index (χ0v) is 12.4. The summed E-state index contributed by atoms with van der Waals surface area (Å²) in [6, 6.07) is 15.9. The number of amides is 2. The molecule has 0 saturated carbocycles. The Morgan fingerprint density at radius 1 is 1.00 bits per heavy atom. The molecule has 114 valence electrons. The first-order valence-electron chi connectivity index (χ1n) is 7.02. The normalized spacial score (nSPS) is 11.5. The van der Waals surface area contributed by atoms with Crippen LogP contribution >= 0.6 is 0 Å². The molecule has 0 aliphatic heterocycles. The first-order valence-corrected chi connectivity index (χ1v) is 7.02. The maximum Gasteiger partial charge on any atom is 0.241 e. The second kappa shape index (κ2) is 7.38. The van der Waals surface area contributed by atoms with E-state index in [1.54, 1.807) is 24.3 Å². The highest BCUT2D eigenvalue weighted by Crippen LogP contribution is 2.15. The van der Waals surface area contributed by atoms with Crippen LogP contribution in [0.4, 0.5) is 11.4 Å². The molecule has 0 fully saturated rings. The predicted molar refractivity (Wildman–Crippen MR) is 87.5 cm³/mol. The smallest absolute Gasteiger partial charge is 0.241 e. The molecule has 0 spiro atoms. The maximum absolute atomic E-state index is 12.1. The van der Waals surface area contributed by atoms with Crippen LogP contribution in [0.5, 0.6) is 0 Å². The molecule has 2 aromatic carbocycles. The molecule has 2 aromatic rings. The summed E-state index contributed by atoms with van der Waals surface area (Å²) in [4.78, 5) is 23.2. The first kappa shape index (κ1) is 15.7. The third kappa shape index (κ3) is 4.71. The minimum absolute atomic E-state index is 0.163. The maximum atomic E-state index is 12.1. The third-order valence-electron chi connectivity index (χ3n) is 3.09. The fraction of sp³-hybridized carbons (Fsp3) is 0.176. The van der Waals surface area contributed by atoms with Gasteiger partial charge in [-0.1, -0.05) is 36.4 Å². The fourth-order valence-electron chi connectivity index (χ4n) is 2.07. The average molecular weight is 297 g/mol. The SMILES string of the molecule is CC(=O)Nc1cccc(NC(=O)C(N)Cc2ccccc2)c1. The molecular formula is C17H19N3O2. The lowest BCUT2D eigenvalue weighted by atomic mass is 10.1. The van der Waals surface area contributed by atoms with Crippen LogP contribution in [-0.4, -0.2) is 17.9 Å². The van der Waals surface area contributed by atoms with Gasteiger partial charge < -0.3 is 16.4 Å². The molecule has 1 atom stereocenters. The summed E-state index contributed by atoms with van der Waals surface area (Å²) in [5.41, 5.74) is 8.17. The van der Waals surface area contributed by atoms with Crippen molar-refractivity contribution in [3.63, 3.8) is 0 Å². The van der Waals surface area contributed by atoms with Gasteiger partial charge in [0.15, 0.2) is 0 Å². The Morgan fingerprint density at radius 3 is 2.27 bits per heavy atom. The largest absolute Gasteiger partial charge is 0.326 e. The molecule has 0 aliphatic rings. The van der Waals surface area contributed by atoms with Gasteiger partial charge in [0, 0.05) is 18.3 Å². The van der Waals surface area contributed by atoms with E-state index in [2.05, 4.69) is 10.6 Å². The minimum Gasteiger partial charge on any atom is -0.326 e. The Labute approximate surface area is 129 Å². The topological polar surface area (TPSA) is 84.2 Å². The van der Waals surface area contributed by atoms with Gasteiger partial charge in [0.05, 0.1) is 6.04 Å². The van der Waals surface area contributed by atoms with E-state index >= 15 is 0 Å². The second-order valence-electron chi connectivity index (χ2n) is 5.05. The summed E-state index contributed by atoms with van der Waals surface area (Å²) in [7, 11) is 0. The van der Waals surface area contributed by atoms with Crippen molar-refractivity contribution in [3.05, 3.63) is 60.2 Å². The van der Waals surface area contributed by atoms with Crippen LogP contribution in [-0.2, 0) is 16.0 Å². The Morgan fingerprint density at radius 2 is 1.64 bits per heavy atom. The van der Waals surface area contributed by atoms with Crippen molar-refractivity contribution in [2.75, 3.05) is 10.6 Å². The highest BCUT2D eigenvalue weighted by Gasteiger charge is 2.14. The van der Waals surface area contributed by atoms with Crippen molar-refractivity contribution in [1.82, 2.24) is 0 Å². The van der Waals surface area contributed by atoms with E-state index in [1.165, 1.54) is 6.92 Å². The molecule has 5 heteroatoms. The molecule has 1 unspecified atom stereocenters. The van der Waals surface area contributed by atoms with Gasteiger partial charge in [0.1, 0.15) is 0 Å². The number of rotatable bonds is 5. The van der Waals surface area contributed by atoms with Gasteiger partial charge in [-0.2, -0.15) is 0 Å². The van der Waals surface area contributed by atoms with Crippen LogP contribution in [0, 0.1) is 0 Å². The van der Waals surface area contributed by atoms with Gasteiger partial charge in [-0.05, 0) is 30.2 Å². The summed E-state index contributed by atoms with van der Waals surface area (Å²) in [6.07, 6.45) is 0.470. The first-order chi connectivity index (χ1) is 10.5. The van der Waals surface area contributed by atoms with Crippen molar-refractivity contribution in [3.8, 4) is 0 Å².